The van der Waals surface area contributed by atoms with Crippen molar-refractivity contribution >= 4 is 16.9 Å². The van der Waals surface area contributed by atoms with Gasteiger partial charge in [-0.2, -0.15) is 0 Å². The van der Waals surface area contributed by atoms with Gasteiger partial charge >= 0.3 is 0 Å². The third kappa shape index (κ3) is 2.31. The number of hydrogen-bond acceptors (Lipinski definition) is 2. The SMILES string of the molecule is CCC1CCC(N=C2NC3(CCCC3)CS2)C1C. The van der Waals surface area contributed by atoms with E-state index in [1.807, 2.05) is 11.8 Å². The van der Waals surface area contributed by atoms with Gasteiger partial charge in [-0.3, -0.25) is 4.99 Å². The van der Waals surface area contributed by atoms with Crippen molar-refractivity contribution in [1.82, 2.24) is 5.32 Å². The lowest BCUT2D eigenvalue weighted by Gasteiger charge is -2.22. The van der Waals surface area contributed by atoms with E-state index in [4.69, 9.17) is 4.99 Å². The van der Waals surface area contributed by atoms with Gasteiger partial charge in [0.15, 0.2) is 5.17 Å². The minimum atomic E-state index is 0.426. The molecule has 3 aliphatic rings. The van der Waals surface area contributed by atoms with Gasteiger partial charge in [0.2, 0.25) is 0 Å². The van der Waals surface area contributed by atoms with Crippen LogP contribution in [0.3, 0.4) is 0 Å². The summed E-state index contributed by atoms with van der Waals surface area (Å²) >= 11 is 1.98. The molecule has 0 aromatic rings. The van der Waals surface area contributed by atoms with E-state index in [2.05, 4.69) is 19.2 Å². The van der Waals surface area contributed by atoms with Crippen molar-refractivity contribution in [2.75, 3.05) is 5.75 Å². The fourth-order valence-electron chi connectivity index (χ4n) is 4.03. The zero-order valence-electron chi connectivity index (χ0n) is 11.7. The Kier molecular flexibility index (Phi) is 3.61. The molecule has 2 saturated carbocycles. The highest BCUT2D eigenvalue weighted by molar-refractivity contribution is 8.14. The molecule has 1 heterocycles. The largest absolute Gasteiger partial charge is 0.359 e. The summed E-state index contributed by atoms with van der Waals surface area (Å²) in [4.78, 5) is 5.04. The topological polar surface area (TPSA) is 24.4 Å². The smallest absolute Gasteiger partial charge is 0.157 e. The van der Waals surface area contributed by atoms with Crippen molar-refractivity contribution in [3.63, 3.8) is 0 Å². The molecule has 3 fully saturated rings. The van der Waals surface area contributed by atoms with Crippen molar-refractivity contribution in [2.45, 2.75) is 70.4 Å². The molecular weight excluding hydrogens is 240 g/mol. The number of hydrogen-bond donors (Lipinski definition) is 1. The number of nitrogens with zero attached hydrogens (tertiary/aromatic N) is 1. The van der Waals surface area contributed by atoms with Crippen LogP contribution in [-0.4, -0.2) is 22.5 Å². The van der Waals surface area contributed by atoms with Crippen molar-refractivity contribution in [2.24, 2.45) is 16.8 Å². The van der Waals surface area contributed by atoms with Crippen LogP contribution in [0.4, 0.5) is 0 Å². The minimum Gasteiger partial charge on any atom is -0.359 e. The molecule has 0 aromatic heterocycles. The first-order valence-electron chi connectivity index (χ1n) is 7.71. The van der Waals surface area contributed by atoms with Crippen LogP contribution in [0.2, 0.25) is 0 Å². The van der Waals surface area contributed by atoms with Crippen LogP contribution in [0.1, 0.15) is 58.8 Å². The van der Waals surface area contributed by atoms with E-state index in [9.17, 15) is 0 Å². The average Bonchev–Trinajstić information content (AvgIpc) is 3.06. The maximum Gasteiger partial charge on any atom is 0.157 e. The van der Waals surface area contributed by atoms with Gasteiger partial charge in [-0.05, 0) is 37.5 Å². The normalized spacial score (nSPS) is 40.8. The van der Waals surface area contributed by atoms with Crippen LogP contribution < -0.4 is 5.32 Å². The molecule has 0 radical (unpaired) electrons. The molecule has 1 N–H and O–H groups in total. The van der Waals surface area contributed by atoms with Gasteiger partial charge in [-0.1, -0.05) is 44.9 Å². The van der Waals surface area contributed by atoms with Gasteiger partial charge in [0.05, 0.1) is 6.04 Å². The number of amidine groups is 1. The Hall–Kier alpha value is -0.180. The highest BCUT2D eigenvalue weighted by Crippen LogP contribution is 2.40. The lowest BCUT2D eigenvalue weighted by molar-refractivity contribution is 0.382. The molecule has 3 rings (SSSR count). The Balaban J connectivity index is 1.64. The summed E-state index contributed by atoms with van der Waals surface area (Å²) in [5.41, 5.74) is 0.426. The monoisotopic (exact) mass is 266 g/mol. The molecule has 0 bridgehead atoms. The molecule has 1 aliphatic heterocycles. The first-order chi connectivity index (χ1) is 8.72. The van der Waals surface area contributed by atoms with Gasteiger partial charge in [-0.25, -0.2) is 0 Å². The first kappa shape index (κ1) is 12.8. The average molecular weight is 266 g/mol. The highest BCUT2D eigenvalue weighted by atomic mass is 32.2. The summed E-state index contributed by atoms with van der Waals surface area (Å²) in [5, 5.41) is 5.01. The quantitative estimate of drug-likeness (QED) is 0.822. The Morgan fingerprint density at radius 3 is 2.78 bits per heavy atom. The zero-order valence-corrected chi connectivity index (χ0v) is 12.6. The molecule has 1 spiro atoms. The summed E-state index contributed by atoms with van der Waals surface area (Å²) in [6.07, 6.45) is 9.53. The third-order valence-corrected chi connectivity index (χ3v) is 6.59. The molecule has 3 heteroatoms. The maximum absolute atomic E-state index is 5.04. The standard InChI is InChI=1S/C15H26N2S/c1-3-12-6-7-13(11(12)2)16-14-17-15(10-18-14)8-4-5-9-15/h11-13H,3-10H2,1-2H3,(H,16,17). The molecule has 0 aromatic carbocycles. The fourth-order valence-corrected chi connectivity index (χ4v) is 5.30. The van der Waals surface area contributed by atoms with E-state index in [1.54, 1.807) is 0 Å². The maximum atomic E-state index is 5.04. The first-order valence-corrected chi connectivity index (χ1v) is 8.70. The number of nitrogens with one attached hydrogen (secondary N) is 1. The lowest BCUT2D eigenvalue weighted by Crippen LogP contribution is -2.41. The van der Waals surface area contributed by atoms with Crippen LogP contribution in [0.5, 0.6) is 0 Å². The molecular formula is C15H26N2S. The van der Waals surface area contributed by atoms with Crippen LogP contribution >= 0.6 is 11.8 Å². The van der Waals surface area contributed by atoms with Crippen LogP contribution in [0.15, 0.2) is 4.99 Å². The lowest BCUT2D eigenvalue weighted by atomic mass is 9.94. The molecule has 18 heavy (non-hydrogen) atoms. The summed E-state index contributed by atoms with van der Waals surface area (Å²) < 4.78 is 0. The molecule has 1 saturated heterocycles. The van der Waals surface area contributed by atoms with Crippen LogP contribution in [-0.2, 0) is 0 Å². The fraction of sp³-hybridized carbons (Fsp3) is 0.933. The van der Waals surface area contributed by atoms with Gasteiger partial charge in [0.25, 0.3) is 0 Å². The Labute approximate surface area is 115 Å². The third-order valence-electron chi connectivity index (χ3n) is 5.41. The predicted octanol–water partition coefficient (Wildman–Crippen LogP) is 3.82. The predicted molar refractivity (Wildman–Crippen MR) is 80.2 cm³/mol. The van der Waals surface area contributed by atoms with E-state index in [-0.39, 0.29) is 0 Å². The summed E-state index contributed by atoms with van der Waals surface area (Å²) in [6.45, 7) is 4.73. The molecule has 3 atom stereocenters. The van der Waals surface area contributed by atoms with Gasteiger partial charge in [0, 0.05) is 11.3 Å². The summed E-state index contributed by atoms with van der Waals surface area (Å²) in [7, 11) is 0. The van der Waals surface area contributed by atoms with E-state index < -0.39 is 0 Å². The Bertz CT molecular complexity index is 333. The molecule has 2 nitrogen and oxygen atoms in total. The number of rotatable bonds is 2. The summed E-state index contributed by atoms with van der Waals surface area (Å²) in [5.74, 6) is 2.95. The van der Waals surface area contributed by atoms with Crippen molar-refractivity contribution in [1.29, 1.82) is 0 Å². The Morgan fingerprint density at radius 1 is 1.33 bits per heavy atom. The molecule has 2 aliphatic carbocycles. The van der Waals surface area contributed by atoms with E-state index in [1.165, 1.54) is 55.9 Å². The van der Waals surface area contributed by atoms with Crippen LogP contribution in [0, 0.1) is 11.8 Å². The second-order valence-electron chi connectivity index (χ2n) is 6.51. The van der Waals surface area contributed by atoms with Crippen molar-refractivity contribution in [3.05, 3.63) is 0 Å². The Morgan fingerprint density at radius 2 is 2.11 bits per heavy atom. The van der Waals surface area contributed by atoms with Crippen LogP contribution in [0.25, 0.3) is 0 Å². The van der Waals surface area contributed by atoms with E-state index in [0.717, 1.165) is 11.8 Å². The number of thioether (sulfide) groups is 1. The summed E-state index contributed by atoms with van der Waals surface area (Å²) in [6, 6.07) is 0.585. The van der Waals surface area contributed by atoms with Crippen molar-refractivity contribution < 1.29 is 0 Å². The highest BCUT2D eigenvalue weighted by Gasteiger charge is 2.40. The molecule has 3 unspecified atom stereocenters. The second-order valence-corrected chi connectivity index (χ2v) is 7.47. The zero-order chi connectivity index (χ0) is 12.6. The van der Waals surface area contributed by atoms with Crippen molar-refractivity contribution in [3.8, 4) is 0 Å². The van der Waals surface area contributed by atoms with Gasteiger partial charge in [-0.15, -0.1) is 0 Å². The minimum absolute atomic E-state index is 0.426. The second kappa shape index (κ2) is 5.07. The van der Waals surface area contributed by atoms with Gasteiger partial charge in [0.1, 0.15) is 0 Å². The van der Waals surface area contributed by atoms with E-state index >= 15 is 0 Å². The van der Waals surface area contributed by atoms with E-state index in [0.29, 0.717) is 11.6 Å². The molecule has 0 amide bonds. The number of aliphatic imine (C=N–C) groups is 1. The molecule has 102 valence electrons. The van der Waals surface area contributed by atoms with Gasteiger partial charge < -0.3 is 5.32 Å².